The average molecular weight is 461 g/mol. The topological polar surface area (TPSA) is 52.6 Å². The highest BCUT2D eigenvalue weighted by molar-refractivity contribution is 6.03. The van der Waals surface area contributed by atoms with Gasteiger partial charge in [0.25, 0.3) is 0 Å². The molecule has 1 aromatic rings. The summed E-state index contributed by atoms with van der Waals surface area (Å²) in [6.07, 6.45) is 16.8. The Kier molecular flexibility index (Phi) is 16.4. The monoisotopic (exact) mass is 460 g/mol. The van der Waals surface area contributed by atoms with E-state index in [1.807, 2.05) is 6.92 Å². The van der Waals surface area contributed by atoms with Gasteiger partial charge in [-0.1, -0.05) is 104 Å². The number of ether oxygens (including phenoxy) is 2. The molecule has 0 aromatic heterocycles. The van der Waals surface area contributed by atoms with Gasteiger partial charge < -0.3 is 9.47 Å². The first-order valence-corrected chi connectivity index (χ1v) is 13.4. The summed E-state index contributed by atoms with van der Waals surface area (Å²) in [5.74, 6) is -0.335. The van der Waals surface area contributed by atoms with Crippen molar-refractivity contribution in [2.24, 2.45) is 5.92 Å². The molecule has 0 radical (unpaired) electrons. The Morgan fingerprint density at radius 2 is 1.18 bits per heavy atom. The van der Waals surface area contributed by atoms with Crippen LogP contribution >= 0.6 is 0 Å². The van der Waals surface area contributed by atoms with Gasteiger partial charge in [-0.05, 0) is 44.2 Å². The first-order valence-electron chi connectivity index (χ1n) is 13.4. The van der Waals surface area contributed by atoms with Crippen LogP contribution in [-0.4, -0.2) is 24.6 Å². The van der Waals surface area contributed by atoms with Gasteiger partial charge in [0.1, 0.15) is 0 Å². The normalized spacial score (nSPS) is 12.0. The molecule has 0 aliphatic carbocycles. The van der Waals surface area contributed by atoms with Crippen LogP contribution in [0.25, 0.3) is 0 Å². The fourth-order valence-corrected chi connectivity index (χ4v) is 3.90. The second-order valence-electron chi connectivity index (χ2n) is 9.76. The van der Waals surface area contributed by atoms with E-state index >= 15 is 0 Å². The molecule has 0 spiro atoms. The van der Waals surface area contributed by atoms with Crippen LogP contribution in [0.2, 0.25) is 0 Å². The van der Waals surface area contributed by atoms with Crippen LogP contribution in [0.5, 0.6) is 0 Å². The average Bonchev–Trinajstić information content (AvgIpc) is 2.80. The van der Waals surface area contributed by atoms with E-state index in [9.17, 15) is 9.59 Å². The molecule has 0 aliphatic rings. The molecule has 0 aliphatic heterocycles. The van der Waals surface area contributed by atoms with Crippen molar-refractivity contribution in [3.05, 3.63) is 35.4 Å². The molecule has 0 N–H and O–H groups in total. The number of unbranched alkanes of at least 4 members (excludes halogenated alkanes) is 11. The smallest absolute Gasteiger partial charge is 0.339 e. The highest BCUT2D eigenvalue weighted by Crippen LogP contribution is 2.16. The summed E-state index contributed by atoms with van der Waals surface area (Å²) >= 11 is 0. The van der Waals surface area contributed by atoms with Crippen LogP contribution in [0.15, 0.2) is 24.3 Å². The van der Waals surface area contributed by atoms with Gasteiger partial charge in [-0.2, -0.15) is 0 Å². The van der Waals surface area contributed by atoms with Crippen molar-refractivity contribution >= 4 is 11.9 Å². The SMILES string of the molecule is CCCCCCCCCCCCCCOC(=O)c1ccccc1C(=O)OC(C)CCC(C)C. The number of benzene rings is 1. The Bertz CT molecular complexity index is 653. The van der Waals surface area contributed by atoms with E-state index in [2.05, 4.69) is 20.8 Å². The van der Waals surface area contributed by atoms with Gasteiger partial charge in [0.2, 0.25) is 0 Å². The van der Waals surface area contributed by atoms with Crippen molar-refractivity contribution in [3.63, 3.8) is 0 Å². The predicted octanol–water partition coefficient (Wildman–Crippen LogP) is 8.53. The van der Waals surface area contributed by atoms with Gasteiger partial charge in [0, 0.05) is 0 Å². The van der Waals surface area contributed by atoms with Gasteiger partial charge in [0.05, 0.1) is 23.8 Å². The van der Waals surface area contributed by atoms with E-state index in [1.54, 1.807) is 24.3 Å². The zero-order chi connectivity index (χ0) is 24.3. The van der Waals surface area contributed by atoms with E-state index < -0.39 is 11.9 Å². The predicted molar refractivity (Wildman–Crippen MR) is 137 cm³/mol. The lowest BCUT2D eigenvalue weighted by atomic mass is 10.1. The molecule has 33 heavy (non-hydrogen) atoms. The third-order valence-corrected chi connectivity index (χ3v) is 6.06. The molecule has 1 rings (SSSR count). The lowest BCUT2D eigenvalue weighted by Gasteiger charge is -2.15. The maximum atomic E-state index is 12.6. The van der Waals surface area contributed by atoms with Crippen molar-refractivity contribution in [1.29, 1.82) is 0 Å². The summed E-state index contributed by atoms with van der Waals surface area (Å²) in [7, 11) is 0. The van der Waals surface area contributed by atoms with Crippen LogP contribution in [0, 0.1) is 5.92 Å². The summed E-state index contributed by atoms with van der Waals surface area (Å²) in [5, 5.41) is 0. The minimum atomic E-state index is -0.454. The van der Waals surface area contributed by atoms with Gasteiger partial charge in [0.15, 0.2) is 0 Å². The highest BCUT2D eigenvalue weighted by atomic mass is 16.5. The van der Waals surface area contributed by atoms with Gasteiger partial charge in [-0.15, -0.1) is 0 Å². The van der Waals surface area contributed by atoms with Crippen molar-refractivity contribution < 1.29 is 19.1 Å². The molecule has 0 amide bonds. The molecule has 4 heteroatoms. The fourth-order valence-electron chi connectivity index (χ4n) is 3.90. The Hall–Kier alpha value is -1.84. The first kappa shape index (κ1) is 29.2. The molecule has 1 unspecified atom stereocenters. The summed E-state index contributed by atoms with van der Waals surface area (Å²) in [4.78, 5) is 25.1. The second kappa shape index (κ2) is 18.6. The van der Waals surface area contributed by atoms with Crippen LogP contribution in [0.1, 0.15) is 138 Å². The number of carbonyl (C=O) groups excluding carboxylic acids is 2. The maximum absolute atomic E-state index is 12.6. The maximum Gasteiger partial charge on any atom is 0.339 e. The number of rotatable bonds is 19. The third-order valence-electron chi connectivity index (χ3n) is 6.06. The zero-order valence-electron chi connectivity index (χ0n) is 21.7. The van der Waals surface area contributed by atoms with Gasteiger partial charge in [-0.25, -0.2) is 9.59 Å². The summed E-state index contributed by atoms with van der Waals surface area (Å²) in [5.41, 5.74) is 0.575. The molecule has 1 aromatic carbocycles. The minimum Gasteiger partial charge on any atom is -0.462 e. The van der Waals surface area contributed by atoms with Crippen molar-refractivity contribution in [1.82, 2.24) is 0 Å². The standard InChI is InChI=1S/C29H48O4/c1-5-6-7-8-9-10-11-12-13-14-15-18-23-32-28(30)26-19-16-17-20-27(26)29(31)33-25(4)22-21-24(2)3/h16-17,19-20,24-25H,5-15,18,21-23H2,1-4H3. The third kappa shape index (κ3) is 14.1. The summed E-state index contributed by atoms with van der Waals surface area (Å²) in [6, 6.07) is 6.77. The van der Waals surface area contributed by atoms with E-state index in [-0.39, 0.29) is 17.2 Å². The Balaban J connectivity index is 2.23. The number of hydrogen-bond acceptors (Lipinski definition) is 4. The molecule has 0 bridgehead atoms. The molecular weight excluding hydrogens is 412 g/mol. The molecule has 4 nitrogen and oxygen atoms in total. The molecule has 0 saturated carbocycles. The van der Waals surface area contributed by atoms with Gasteiger partial charge in [-0.3, -0.25) is 0 Å². The minimum absolute atomic E-state index is 0.176. The zero-order valence-corrected chi connectivity index (χ0v) is 21.7. The lowest BCUT2D eigenvalue weighted by Crippen LogP contribution is -2.19. The fraction of sp³-hybridized carbons (Fsp3) is 0.724. The first-order chi connectivity index (χ1) is 16.0. The van der Waals surface area contributed by atoms with Gasteiger partial charge >= 0.3 is 11.9 Å². The Morgan fingerprint density at radius 1 is 0.697 bits per heavy atom. The van der Waals surface area contributed by atoms with Crippen LogP contribution in [-0.2, 0) is 9.47 Å². The molecular formula is C29H48O4. The van der Waals surface area contributed by atoms with E-state index in [4.69, 9.17) is 9.47 Å². The van der Waals surface area contributed by atoms with Crippen molar-refractivity contribution in [2.45, 2.75) is 124 Å². The van der Waals surface area contributed by atoms with Crippen molar-refractivity contribution in [2.75, 3.05) is 6.61 Å². The van der Waals surface area contributed by atoms with E-state index in [0.717, 1.165) is 25.7 Å². The lowest BCUT2D eigenvalue weighted by molar-refractivity contribution is 0.0302. The van der Waals surface area contributed by atoms with E-state index in [1.165, 1.54) is 64.2 Å². The van der Waals surface area contributed by atoms with Crippen LogP contribution < -0.4 is 0 Å². The second-order valence-corrected chi connectivity index (χ2v) is 9.76. The number of esters is 2. The highest BCUT2D eigenvalue weighted by Gasteiger charge is 2.20. The summed E-state index contributed by atoms with van der Waals surface area (Å²) < 4.78 is 11.0. The van der Waals surface area contributed by atoms with Crippen LogP contribution in [0.3, 0.4) is 0 Å². The number of carbonyl (C=O) groups is 2. The Morgan fingerprint density at radius 3 is 1.70 bits per heavy atom. The molecule has 188 valence electrons. The molecule has 1 atom stereocenters. The van der Waals surface area contributed by atoms with Crippen molar-refractivity contribution in [3.8, 4) is 0 Å². The molecule has 0 heterocycles. The number of hydrogen-bond donors (Lipinski definition) is 0. The summed E-state index contributed by atoms with van der Waals surface area (Å²) in [6.45, 7) is 8.85. The Labute approximate surface area is 202 Å². The largest absolute Gasteiger partial charge is 0.462 e. The molecule has 0 saturated heterocycles. The molecule has 0 fully saturated rings. The van der Waals surface area contributed by atoms with Crippen LogP contribution in [0.4, 0.5) is 0 Å². The van der Waals surface area contributed by atoms with E-state index in [0.29, 0.717) is 12.5 Å². The quantitative estimate of drug-likeness (QED) is 0.153.